The molecule has 0 saturated heterocycles. The maximum Gasteiger partial charge on any atom is 0.408 e. The number of aliphatic carboxylic acids is 1. The molecular formula is C17H31N3O6. The van der Waals surface area contributed by atoms with Crippen LogP contribution in [0, 0.1) is 0 Å². The Bertz CT molecular complexity index is 588. The summed E-state index contributed by atoms with van der Waals surface area (Å²) in [5.41, 5.74) is -4.99. The van der Waals surface area contributed by atoms with E-state index < -0.39 is 46.1 Å². The number of carbonyl (C=O) groups is 4. The van der Waals surface area contributed by atoms with Crippen LogP contribution in [-0.2, 0) is 19.1 Å². The van der Waals surface area contributed by atoms with E-state index in [1.165, 1.54) is 41.5 Å². The molecule has 0 aromatic carbocycles. The first-order valence-corrected chi connectivity index (χ1v) is 8.20. The summed E-state index contributed by atoms with van der Waals surface area (Å²) < 4.78 is 5.12. The average molecular weight is 373 g/mol. The van der Waals surface area contributed by atoms with Gasteiger partial charge in [-0.3, -0.25) is 9.59 Å². The summed E-state index contributed by atoms with van der Waals surface area (Å²) in [6.07, 6.45) is -0.771. The van der Waals surface area contributed by atoms with Crippen LogP contribution in [0.2, 0.25) is 0 Å². The third-order valence-electron chi connectivity index (χ3n) is 3.34. The normalized spacial score (nSPS) is 12.8. The minimum atomic E-state index is -1.50. The second-order valence-corrected chi connectivity index (χ2v) is 8.72. The Labute approximate surface area is 154 Å². The summed E-state index contributed by atoms with van der Waals surface area (Å²) in [5.74, 6) is -2.51. The van der Waals surface area contributed by atoms with Gasteiger partial charge in [0, 0.05) is 0 Å². The Balaban J connectivity index is 5.07. The lowest BCUT2D eigenvalue weighted by molar-refractivity contribution is -0.147. The molecule has 0 saturated carbocycles. The standard InChI is InChI=1S/C17H31N3O6/c1-14(2,3)26-13(25)20-16(6,7)11(22)18-15(4,5)10(21)19-17(8,9)12(23)24/h1-9H3,(H,18,22)(H,19,21)(H,20,25)(H,23,24). The third kappa shape index (κ3) is 7.28. The van der Waals surface area contributed by atoms with Crippen molar-refractivity contribution < 1.29 is 29.0 Å². The molecule has 0 aromatic rings. The van der Waals surface area contributed by atoms with Gasteiger partial charge < -0.3 is 25.8 Å². The Morgan fingerprint density at radius 3 is 1.35 bits per heavy atom. The molecule has 0 fully saturated rings. The third-order valence-corrected chi connectivity index (χ3v) is 3.34. The molecule has 9 heteroatoms. The first-order valence-electron chi connectivity index (χ1n) is 8.20. The molecule has 3 amide bonds. The van der Waals surface area contributed by atoms with E-state index in [1.54, 1.807) is 20.8 Å². The van der Waals surface area contributed by atoms with Gasteiger partial charge in [-0.05, 0) is 62.3 Å². The number of amides is 3. The molecule has 0 aliphatic rings. The van der Waals surface area contributed by atoms with Crippen molar-refractivity contribution in [2.45, 2.75) is 84.5 Å². The van der Waals surface area contributed by atoms with Crippen molar-refractivity contribution in [3.05, 3.63) is 0 Å². The minimum Gasteiger partial charge on any atom is -0.480 e. The molecule has 0 atom stereocenters. The number of carboxylic acids is 1. The van der Waals surface area contributed by atoms with Crippen molar-refractivity contribution in [2.24, 2.45) is 0 Å². The van der Waals surface area contributed by atoms with E-state index >= 15 is 0 Å². The number of hydrogen-bond donors (Lipinski definition) is 4. The van der Waals surface area contributed by atoms with E-state index in [2.05, 4.69) is 16.0 Å². The van der Waals surface area contributed by atoms with E-state index in [9.17, 15) is 19.2 Å². The summed E-state index contributed by atoms with van der Waals surface area (Å²) in [6, 6.07) is 0. The smallest absolute Gasteiger partial charge is 0.408 e. The van der Waals surface area contributed by atoms with E-state index in [-0.39, 0.29) is 0 Å². The summed E-state index contributed by atoms with van der Waals surface area (Å²) in [4.78, 5) is 47.9. The molecular weight excluding hydrogens is 342 g/mol. The maximum absolute atomic E-state index is 12.5. The largest absolute Gasteiger partial charge is 0.480 e. The van der Waals surface area contributed by atoms with Gasteiger partial charge >= 0.3 is 12.1 Å². The van der Waals surface area contributed by atoms with Crippen LogP contribution >= 0.6 is 0 Å². The van der Waals surface area contributed by atoms with E-state index in [1.807, 2.05) is 0 Å². The molecule has 0 bridgehead atoms. The van der Waals surface area contributed by atoms with Crippen LogP contribution in [0.25, 0.3) is 0 Å². The molecule has 0 unspecified atom stereocenters. The van der Waals surface area contributed by atoms with Crippen molar-refractivity contribution in [2.75, 3.05) is 0 Å². The number of hydrogen-bond acceptors (Lipinski definition) is 5. The summed E-state index contributed by atoms with van der Waals surface area (Å²) >= 11 is 0. The van der Waals surface area contributed by atoms with Gasteiger partial charge in [0.1, 0.15) is 22.2 Å². The van der Waals surface area contributed by atoms with Gasteiger partial charge in [-0.1, -0.05) is 0 Å². The van der Waals surface area contributed by atoms with Crippen LogP contribution in [-0.4, -0.2) is 51.2 Å². The maximum atomic E-state index is 12.5. The second kappa shape index (κ2) is 7.51. The van der Waals surface area contributed by atoms with Crippen molar-refractivity contribution in [1.82, 2.24) is 16.0 Å². The van der Waals surface area contributed by atoms with Crippen LogP contribution in [0.3, 0.4) is 0 Å². The molecule has 150 valence electrons. The zero-order valence-corrected chi connectivity index (χ0v) is 17.0. The van der Waals surface area contributed by atoms with Gasteiger partial charge in [0.05, 0.1) is 0 Å². The zero-order valence-electron chi connectivity index (χ0n) is 17.0. The second-order valence-electron chi connectivity index (χ2n) is 8.72. The Morgan fingerprint density at radius 2 is 1.00 bits per heavy atom. The average Bonchev–Trinajstić information content (AvgIpc) is 2.33. The number of nitrogens with one attached hydrogen (secondary N) is 3. The molecule has 0 spiro atoms. The van der Waals surface area contributed by atoms with Gasteiger partial charge in [-0.15, -0.1) is 0 Å². The highest BCUT2D eigenvalue weighted by Gasteiger charge is 2.40. The van der Waals surface area contributed by atoms with Crippen LogP contribution in [0.1, 0.15) is 62.3 Å². The van der Waals surface area contributed by atoms with Gasteiger partial charge in [0.25, 0.3) is 0 Å². The first-order chi connectivity index (χ1) is 11.3. The Morgan fingerprint density at radius 1 is 0.654 bits per heavy atom. The molecule has 9 nitrogen and oxygen atoms in total. The van der Waals surface area contributed by atoms with Gasteiger partial charge in [-0.2, -0.15) is 0 Å². The van der Waals surface area contributed by atoms with Crippen LogP contribution < -0.4 is 16.0 Å². The number of carboxylic acid groups (broad SMARTS) is 1. The fourth-order valence-electron chi connectivity index (χ4n) is 1.61. The lowest BCUT2D eigenvalue weighted by atomic mass is 9.97. The van der Waals surface area contributed by atoms with Crippen LogP contribution in [0.15, 0.2) is 0 Å². The number of carbonyl (C=O) groups excluding carboxylic acids is 3. The number of ether oxygens (including phenoxy) is 1. The van der Waals surface area contributed by atoms with E-state index in [0.717, 1.165) is 0 Å². The quantitative estimate of drug-likeness (QED) is 0.552. The molecule has 0 heterocycles. The lowest BCUT2D eigenvalue weighted by Gasteiger charge is -2.34. The molecule has 26 heavy (non-hydrogen) atoms. The van der Waals surface area contributed by atoms with Crippen LogP contribution in [0.4, 0.5) is 4.79 Å². The highest BCUT2D eigenvalue weighted by Crippen LogP contribution is 2.13. The fourth-order valence-corrected chi connectivity index (χ4v) is 1.61. The van der Waals surface area contributed by atoms with E-state index in [4.69, 9.17) is 9.84 Å². The highest BCUT2D eigenvalue weighted by atomic mass is 16.6. The molecule has 4 N–H and O–H groups in total. The predicted octanol–water partition coefficient (Wildman–Crippen LogP) is 1.16. The van der Waals surface area contributed by atoms with Gasteiger partial charge in [0.2, 0.25) is 11.8 Å². The van der Waals surface area contributed by atoms with Gasteiger partial charge in [0.15, 0.2) is 0 Å². The highest BCUT2D eigenvalue weighted by molar-refractivity contribution is 5.97. The molecule has 0 aliphatic heterocycles. The molecule has 0 aromatic heterocycles. The Kier molecular flexibility index (Phi) is 6.84. The molecule has 0 radical (unpaired) electrons. The van der Waals surface area contributed by atoms with Crippen LogP contribution in [0.5, 0.6) is 0 Å². The predicted molar refractivity (Wildman–Crippen MR) is 95.5 cm³/mol. The topological polar surface area (TPSA) is 134 Å². The minimum absolute atomic E-state index is 0.628. The Hall–Kier alpha value is -2.32. The monoisotopic (exact) mass is 373 g/mol. The summed E-state index contributed by atoms with van der Waals surface area (Å²) in [5, 5.41) is 16.4. The fraction of sp³-hybridized carbons (Fsp3) is 0.765. The van der Waals surface area contributed by atoms with Crippen molar-refractivity contribution >= 4 is 23.9 Å². The first kappa shape index (κ1) is 23.7. The van der Waals surface area contributed by atoms with E-state index in [0.29, 0.717) is 0 Å². The molecule has 0 aliphatic carbocycles. The lowest BCUT2D eigenvalue weighted by Crippen LogP contribution is -2.65. The van der Waals surface area contributed by atoms with Gasteiger partial charge in [-0.25, -0.2) is 9.59 Å². The number of rotatable bonds is 6. The number of alkyl carbamates (subject to hydrolysis) is 1. The van der Waals surface area contributed by atoms with Crippen molar-refractivity contribution in [3.63, 3.8) is 0 Å². The molecule has 0 rings (SSSR count). The van der Waals surface area contributed by atoms with Crippen molar-refractivity contribution in [3.8, 4) is 0 Å². The summed E-state index contributed by atoms with van der Waals surface area (Å²) in [7, 11) is 0. The SMILES string of the molecule is CC(C)(C)OC(=O)NC(C)(C)C(=O)NC(C)(C)C(=O)NC(C)(C)C(=O)O. The zero-order chi connectivity index (χ0) is 21.1. The van der Waals surface area contributed by atoms with Crippen molar-refractivity contribution in [1.29, 1.82) is 0 Å². The summed E-state index contributed by atoms with van der Waals surface area (Å²) in [6.45, 7) is 13.5.